The summed E-state index contributed by atoms with van der Waals surface area (Å²) in [4.78, 5) is 0. The van der Waals surface area contributed by atoms with Gasteiger partial charge in [-0.25, -0.2) is 4.39 Å². The van der Waals surface area contributed by atoms with E-state index >= 15 is 0 Å². The number of halogens is 2. The minimum absolute atomic E-state index is 0.189. The SMILES string of the molecule is C[C@H]([C@H]1C[C@H]2CC[C@H]1C2)n1c(COc2ccccc2F)nnc1SCCOc1cccc(Br)c1. The van der Waals surface area contributed by atoms with Gasteiger partial charge in [-0.1, -0.05) is 52.3 Å². The van der Waals surface area contributed by atoms with Gasteiger partial charge in [0.25, 0.3) is 0 Å². The minimum atomic E-state index is -0.367. The average Bonchev–Trinajstić information content (AvgIpc) is 3.57. The second-order valence-corrected chi connectivity index (χ2v) is 11.2. The highest BCUT2D eigenvalue weighted by atomic mass is 79.9. The molecule has 180 valence electrons. The lowest BCUT2D eigenvalue weighted by molar-refractivity contribution is 0.215. The molecule has 8 heteroatoms. The number of benzene rings is 2. The van der Waals surface area contributed by atoms with Gasteiger partial charge in [0.05, 0.1) is 6.61 Å². The molecule has 0 amide bonds. The van der Waals surface area contributed by atoms with E-state index < -0.39 is 0 Å². The first-order valence-electron chi connectivity index (χ1n) is 11.9. The standard InChI is InChI=1S/C26H29BrFN3O2S/c1-17(22-14-18-9-10-19(22)13-18)31-25(16-33-24-8-3-2-7-23(24)28)29-30-26(31)34-12-11-32-21-6-4-5-20(27)15-21/h2-8,15,17-19,22H,9-14,16H2,1H3/t17-,18+,19+,22-/m1/s1. The van der Waals surface area contributed by atoms with E-state index in [1.807, 2.05) is 24.3 Å². The van der Waals surface area contributed by atoms with Crippen LogP contribution in [0.2, 0.25) is 0 Å². The lowest BCUT2D eigenvalue weighted by Crippen LogP contribution is -2.24. The van der Waals surface area contributed by atoms with Crippen molar-refractivity contribution < 1.29 is 13.9 Å². The van der Waals surface area contributed by atoms with E-state index in [9.17, 15) is 4.39 Å². The summed E-state index contributed by atoms with van der Waals surface area (Å²) < 4.78 is 29.0. The predicted octanol–water partition coefficient (Wildman–Crippen LogP) is 6.93. The molecule has 4 atom stereocenters. The largest absolute Gasteiger partial charge is 0.493 e. The second kappa shape index (κ2) is 10.7. The van der Waals surface area contributed by atoms with Crippen LogP contribution in [0.3, 0.4) is 0 Å². The molecular weight excluding hydrogens is 517 g/mol. The molecule has 5 rings (SSSR count). The zero-order valence-electron chi connectivity index (χ0n) is 19.2. The number of aromatic nitrogens is 3. The molecular formula is C26H29BrFN3O2S. The molecule has 0 saturated heterocycles. The van der Waals surface area contributed by atoms with Crippen LogP contribution < -0.4 is 9.47 Å². The molecule has 2 aliphatic carbocycles. The van der Waals surface area contributed by atoms with Crippen LogP contribution in [0.4, 0.5) is 4.39 Å². The van der Waals surface area contributed by atoms with E-state index in [1.165, 1.54) is 31.7 Å². The molecule has 2 aromatic carbocycles. The molecule has 2 aliphatic rings. The Morgan fingerprint density at radius 1 is 1.12 bits per heavy atom. The first-order chi connectivity index (χ1) is 16.6. The molecule has 0 N–H and O–H groups in total. The summed E-state index contributed by atoms with van der Waals surface area (Å²) in [6.07, 6.45) is 5.31. The second-order valence-electron chi connectivity index (χ2n) is 9.22. The normalized spacial score (nSPS) is 22.1. The van der Waals surface area contributed by atoms with Crippen molar-refractivity contribution in [3.63, 3.8) is 0 Å². The Morgan fingerprint density at radius 3 is 2.76 bits per heavy atom. The van der Waals surface area contributed by atoms with Gasteiger partial charge in [-0.2, -0.15) is 0 Å². The molecule has 0 radical (unpaired) electrons. The van der Waals surface area contributed by atoms with Crippen LogP contribution in [-0.4, -0.2) is 27.1 Å². The summed E-state index contributed by atoms with van der Waals surface area (Å²) in [6.45, 7) is 3.04. The number of thioether (sulfide) groups is 1. The van der Waals surface area contributed by atoms with Crippen LogP contribution in [0.15, 0.2) is 58.2 Å². The Hall–Kier alpha value is -2.06. The Labute approximate surface area is 212 Å². The van der Waals surface area contributed by atoms with Gasteiger partial charge in [0.2, 0.25) is 0 Å². The number of fused-ring (bicyclic) bond motifs is 2. The van der Waals surface area contributed by atoms with Crippen LogP contribution in [0.1, 0.15) is 44.5 Å². The molecule has 0 unspecified atom stereocenters. The average molecular weight is 547 g/mol. The maximum atomic E-state index is 14.1. The van der Waals surface area contributed by atoms with Crippen molar-refractivity contribution in [2.45, 2.75) is 50.4 Å². The number of para-hydroxylation sites is 1. The van der Waals surface area contributed by atoms with Crippen molar-refractivity contribution in [3.8, 4) is 11.5 Å². The van der Waals surface area contributed by atoms with Gasteiger partial charge in [0.1, 0.15) is 12.4 Å². The lowest BCUT2D eigenvalue weighted by Gasteiger charge is -2.30. The molecule has 0 spiro atoms. The van der Waals surface area contributed by atoms with Crippen LogP contribution in [-0.2, 0) is 6.61 Å². The number of hydrogen-bond acceptors (Lipinski definition) is 5. The summed E-state index contributed by atoms with van der Waals surface area (Å²) in [7, 11) is 0. The molecule has 2 saturated carbocycles. The summed E-state index contributed by atoms with van der Waals surface area (Å²) in [5.74, 6) is 4.47. The summed E-state index contributed by atoms with van der Waals surface area (Å²) in [5, 5.41) is 9.84. The van der Waals surface area contributed by atoms with E-state index in [1.54, 1.807) is 30.0 Å². The molecule has 34 heavy (non-hydrogen) atoms. The minimum Gasteiger partial charge on any atom is -0.493 e. The number of ether oxygens (including phenoxy) is 2. The fourth-order valence-electron chi connectivity index (χ4n) is 5.54. The van der Waals surface area contributed by atoms with Gasteiger partial charge < -0.3 is 9.47 Å². The first kappa shape index (κ1) is 23.7. The van der Waals surface area contributed by atoms with Crippen molar-refractivity contribution in [1.82, 2.24) is 14.8 Å². The Balaban J connectivity index is 1.29. The number of nitrogens with zero attached hydrogens (tertiary/aromatic N) is 3. The van der Waals surface area contributed by atoms with Gasteiger partial charge in [-0.3, -0.25) is 4.57 Å². The smallest absolute Gasteiger partial charge is 0.191 e. The highest BCUT2D eigenvalue weighted by Crippen LogP contribution is 2.52. The molecule has 2 bridgehead atoms. The Morgan fingerprint density at radius 2 is 2.00 bits per heavy atom. The van der Waals surface area contributed by atoms with E-state index in [2.05, 4.69) is 37.6 Å². The Bertz CT molecular complexity index is 1130. The summed E-state index contributed by atoms with van der Waals surface area (Å²) >= 11 is 5.12. The van der Waals surface area contributed by atoms with E-state index in [0.29, 0.717) is 12.5 Å². The van der Waals surface area contributed by atoms with Crippen molar-refractivity contribution in [1.29, 1.82) is 0 Å². The Kier molecular flexibility index (Phi) is 7.44. The van der Waals surface area contributed by atoms with Crippen LogP contribution in [0.25, 0.3) is 0 Å². The van der Waals surface area contributed by atoms with Gasteiger partial charge >= 0.3 is 0 Å². The fraction of sp³-hybridized carbons (Fsp3) is 0.462. The maximum Gasteiger partial charge on any atom is 0.191 e. The first-order valence-corrected chi connectivity index (χ1v) is 13.7. The van der Waals surface area contributed by atoms with Gasteiger partial charge in [0.15, 0.2) is 22.5 Å². The van der Waals surface area contributed by atoms with E-state index in [4.69, 9.17) is 9.47 Å². The molecule has 2 fully saturated rings. The van der Waals surface area contributed by atoms with E-state index in [-0.39, 0.29) is 24.2 Å². The third kappa shape index (κ3) is 5.28. The fourth-order valence-corrected chi connectivity index (χ4v) is 6.78. The summed E-state index contributed by atoms with van der Waals surface area (Å²) in [5.41, 5.74) is 0. The topological polar surface area (TPSA) is 49.2 Å². The van der Waals surface area contributed by atoms with Crippen LogP contribution in [0.5, 0.6) is 11.5 Å². The third-order valence-electron chi connectivity index (χ3n) is 7.13. The molecule has 0 aliphatic heterocycles. The van der Waals surface area contributed by atoms with Crippen LogP contribution >= 0.6 is 27.7 Å². The third-order valence-corrected chi connectivity index (χ3v) is 8.53. The molecule has 1 aromatic heterocycles. The lowest BCUT2D eigenvalue weighted by atomic mass is 9.84. The molecule has 5 nitrogen and oxygen atoms in total. The maximum absolute atomic E-state index is 14.1. The van der Waals surface area contributed by atoms with Crippen molar-refractivity contribution in [3.05, 3.63) is 64.6 Å². The highest BCUT2D eigenvalue weighted by Gasteiger charge is 2.43. The zero-order chi connectivity index (χ0) is 23.5. The quantitative estimate of drug-likeness (QED) is 0.204. The van der Waals surface area contributed by atoms with E-state index in [0.717, 1.165) is 38.8 Å². The monoisotopic (exact) mass is 545 g/mol. The predicted molar refractivity (Wildman–Crippen MR) is 135 cm³/mol. The van der Waals surface area contributed by atoms with Crippen molar-refractivity contribution in [2.75, 3.05) is 12.4 Å². The number of hydrogen-bond donors (Lipinski definition) is 0. The van der Waals surface area contributed by atoms with Crippen LogP contribution in [0, 0.1) is 23.6 Å². The molecule has 1 heterocycles. The van der Waals surface area contributed by atoms with Gasteiger partial charge in [0, 0.05) is 16.3 Å². The summed E-state index contributed by atoms with van der Waals surface area (Å²) in [6, 6.07) is 14.6. The van der Waals surface area contributed by atoms with Crippen molar-refractivity contribution >= 4 is 27.7 Å². The number of rotatable bonds is 10. The molecule has 3 aromatic rings. The zero-order valence-corrected chi connectivity index (χ0v) is 21.6. The highest BCUT2D eigenvalue weighted by molar-refractivity contribution is 9.10. The van der Waals surface area contributed by atoms with Gasteiger partial charge in [-0.15, -0.1) is 10.2 Å². The van der Waals surface area contributed by atoms with Crippen molar-refractivity contribution in [2.24, 2.45) is 17.8 Å². The van der Waals surface area contributed by atoms with Gasteiger partial charge in [-0.05, 0) is 74.3 Å².